The minimum Gasteiger partial charge on any atom is -0.356 e. The topological polar surface area (TPSA) is 41.1 Å². The molecule has 94 valence electrons. The Hall–Kier alpha value is -0.280. The molecule has 2 N–H and O–H groups in total. The average molecular weight is 247 g/mol. The van der Waals surface area contributed by atoms with E-state index in [1.54, 1.807) is 0 Å². The summed E-state index contributed by atoms with van der Waals surface area (Å²) in [5.74, 6) is 1.37. The monoisotopic (exact) mass is 246 g/mol. The maximum Gasteiger partial charge on any atom is 0.224 e. The van der Waals surface area contributed by atoms with Crippen molar-refractivity contribution in [2.45, 2.75) is 38.5 Å². The van der Waals surface area contributed by atoms with Crippen LogP contribution in [-0.2, 0) is 4.79 Å². The van der Waals surface area contributed by atoms with Crippen LogP contribution >= 0.6 is 12.4 Å². The third-order valence-electron chi connectivity index (χ3n) is 3.76. The Morgan fingerprint density at radius 1 is 1.25 bits per heavy atom. The Morgan fingerprint density at radius 2 is 2.00 bits per heavy atom. The predicted octanol–water partition coefficient (Wildman–Crippen LogP) is 1.71. The maximum atomic E-state index is 11.7. The molecule has 2 fully saturated rings. The summed E-state index contributed by atoms with van der Waals surface area (Å²) in [6.07, 6.45) is 7.74. The van der Waals surface area contributed by atoms with E-state index in [0.717, 1.165) is 32.0 Å². The Bertz CT molecular complexity index is 211. The normalized spacial score (nSPS) is 25.4. The molecule has 0 spiro atoms. The van der Waals surface area contributed by atoms with Crippen LogP contribution in [0.15, 0.2) is 0 Å². The first-order valence-corrected chi connectivity index (χ1v) is 6.34. The lowest BCUT2D eigenvalue weighted by Gasteiger charge is -2.12. The number of carbonyl (C=O) groups is 1. The molecule has 1 aliphatic heterocycles. The molecule has 1 saturated heterocycles. The summed E-state index contributed by atoms with van der Waals surface area (Å²) in [5.41, 5.74) is 0. The fourth-order valence-electron chi connectivity index (χ4n) is 2.72. The fourth-order valence-corrected chi connectivity index (χ4v) is 2.72. The average Bonchev–Trinajstić information content (AvgIpc) is 2.90. The van der Waals surface area contributed by atoms with E-state index in [1.807, 2.05) is 0 Å². The third-order valence-corrected chi connectivity index (χ3v) is 3.76. The minimum atomic E-state index is 0. The van der Waals surface area contributed by atoms with Gasteiger partial charge in [-0.05, 0) is 25.3 Å². The van der Waals surface area contributed by atoms with E-state index >= 15 is 0 Å². The van der Waals surface area contributed by atoms with Gasteiger partial charge in [-0.2, -0.15) is 0 Å². The van der Waals surface area contributed by atoms with Gasteiger partial charge in [-0.1, -0.05) is 25.7 Å². The molecule has 1 aliphatic carbocycles. The molecule has 0 bridgehead atoms. The van der Waals surface area contributed by atoms with E-state index in [4.69, 9.17) is 0 Å². The summed E-state index contributed by atoms with van der Waals surface area (Å²) in [7, 11) is 0. The van der Waals surface area contributed by atoms with Gasteiger partial charge in [0.15, 0.2) is 0 Å². The van der Waals surface area contributed by atoms with Crippen molar-refractivity contribution in [3.63, 3.8) is 0 Å². The quantitative estimate of drug-likeness (QED) is 0.793. The lowest BCUT2D eigenvalue weighted by atomic mass is 10.0. The summed E-state index contributed by atoms with van der Waals surface area (Å²) in [4.78, 5) is 11.7. The van der Waals surface area contributed by atoms with E-state index < -0.39 is 0 Å². The summed E-state index contributed by atoms with van der Waals surface area (Å²) in [5, 5.41) is 6.30. The second-order valence-electron chi connectivity index (χ2n) is 4.92. The van der Waals surface area contributed by atoms with E-state index in [-0.39, 0.29) is 24.2 Å². The standard InChI is InChI=1S/C12H22N2O.ClH/c15-12(11-6-7-13-9-11)14-8-5-10-3-1-2-4-10;/h10-11,13H,1-9H2,(H,14,15);1H/t11-;/m0./s1. The highest BCUT2D eigenvalue weighted by molar-refractivity contribution is 5.85. The zero-order chi connectivity index (χ0) is 10.5. The van der Waals surface area contributed by atoms with Gasteiger partial charge < -0.3 is 10.6 Å². The zero-order valence-electron chi connectivity index (χ0n) is 9.84. The number of amides is 1. The smallest absolute Gasteiger partial charge is 0.224 e. The summed E-state index contributed by atoms with van der Waals surface area (Å²) < 4.78 is 0. The van der Waals surface area contributed by atoms with Gasteiger partial charge >= 0.3 is 0 Å². The third kappa shape index (κ3) is 3.95. The molecule has 16 heavy (non-hydrogen) atoms. The van der Waals surface area contributed by atoms with Crippen LogP contribution in [0, 0.1) is 11.8 Å². The molecule has 1 amide bonds. The first-order valence-electron chi connectivity index (χ1n) is 6.34. The molecular weight excluding hydrogens is 224 g/mol. The van der Waals surface area contributed by atoms with Crippen molar-refractivity contribution in [3.05, 3.63) is 0 Å². The van der Waals surface area contributed by atoms with Gasteiger partial charge in [0.25, 0.3) is 0 Å². The van der Waals surface area contributed by atoms with Gasteiger partial charge in [-0.25, -0.2) is 0 Å². The van der Waals surface area contributed by atoms with Crippen molar-refractivity contribution in [1.82, 2.24) is 10.6 Å². The number of nitrogens with one attached hydrogen (secondary N) is 2. The summed E-state index contributed by atoms with van der Waals surface area (Å²) in [6.45, 7) is 2.76. The second-order valence-corrected chi connectivity index (χ2v) is 4.92. The van der Waals surface area contributed by atoms with Gasteiger partial charge in [0.1, 0.15) is 0 Å². The molecule has 0 unspecified atom stereocenters. The van der Waals surface area contributed by atoms with Crippen molar-refractivity contribution in [2.24, 2.45) is 11.8 Å². The number of hydrogen-bond acceptors (Lipinski definition) is 2. The molecule has 1 heterocycles. The highest BCUT2D eigenvalue weighted by Gasteiger charge is 2.22. The van der Waals surface area contributed by atoms with Crippen LogP contribution in [0.2, 0.25) is 0 Å². The Labute approximate surface area is 104 Å². The fraction of sp³-hybridized carbons (Fsp3) is 0.917. The molecule has 2 aliphatic rings. The van der Waals surface area contributed by atoms with Gasteiger partial charge in [0.2, 0.25) is 5.91 Å². The van der Waals surface area contributed by atoms with Crippen molar-refractivity contribution in [2.75, 3.05) is 19.6 Å². The van der Waals surface area contributed by atoms with Crippen LogP contribution in [0.25, 0.3) is 0 Å². The molecule has 1 atom stereocenters. The van der Waals surface area contributed by atoms with E-state index in [9.17, 15) is 4.79 Å². The van der Waals surface area contributed by atoms with Crippen LogP contribution in [-0.4, -0.2) is 25.5 Å². The first kappa shape index (κ1) is 13.8. The van der Waals surface area contributed by atoms with Crippen LogP contribution in [0.1, 0.15) is 38.5 Å². The van der Waals surface area contributed by atoms with E-state index in [0.29, 0.717) is 0 Å². The molecule has 0 aromatic heterocycles. The molecule has 3 nitrogen and oxygen atoms in total. The Morgan fingerprint density at radius 3 is 2.62 bits per heavy atom. The Kier molecular flexibility index (Phi) is 6.14. The van der Waals surface area contributed by atoms with E-state index in [2.05, 4.69) is 10.6 Å². The summed E-state index contributed by atoms with van der Waals surface area (Å²) in [6, 6.07) is 0. The number of carbonyl (C=O) groups excluding carboxylic acids is 1. The Balaban J connectivity index is 0.00000128. The van der Waals surface area contributed by atoms with Gasteiger partial charge in [-0.3, -0.25) is 4.79 Å². The number of rotatable bonds is 4. The number of hydrogen-bond donors (Lipinski definition) is 2. The highest BCUT2D eigenvalue weighted by Crippen LogP contribution is 2.26. The SMILES string of the molecule is Cl.O=C(NCCC1CCCC1)[C@H]1CCNC1. The lowest BCUT2D eigenvalue weighted by molar-refractivity contribution is -0.124. The van der Waals surface area contributed by atoms with Crippen molar-refractivity contribution in [3.8, 4) is 0 Å². The predicted molar refractivity (Wildman–Crippen MR) is 67.8 cm³/mol. The van der Waals surface area contributed by atoms with Crippen molar-refractivity contribution in [1.29, 1.82) is 0 Å². The van der Waals surface area contributed by atoms with Gasteiger partial charge in [-0.15, -0.1) is 12.4 Å². The maximum absolute atomic E-state index is 11.7. The van der Waals surface area contributed by atoms with Crippen LogP contribution in [0.3, 0.4) is 0 Å². The van der Waals surface area contributed by atoms with Crippen LogP contribution in [0.4, 0.5) is 0 Å². The van der Waals surface area contributed by atoms with Crippen LogP contribution in [0.5, 0.6) is 0 Å². The van der Waals surface area contributed by atoms with Crippen LogP contribution < -0.4 is 10.6 Å². The van der Waals surface area contributed by atoms with Crippen molar-refractivity contribution < 1.29 is 4.79 Å². The molecular formula is C12H23ClN2O. The molecule has 1 saturated carbocycles. The second kappa shape index (κ2) is 7.13. The highest BCUT2D eigenvalue weighted by atomic mass is 35.5. The molecule has 0 aromatic carbocycles. The summed E-state index contributed by atoms with van der Waals surface area (Å²) >= 11 is 0. The van der Waals surface area contributed by atoms with Gasteiger partial charge in [0.05, 0.1) is 5.92 Å². The molecule has 0 radical (unpaired) electrons. The van der Waals surface area contributed by atoms with E-state index in [1.165, 1.54) is 32.1 Å². The lowest BCUT2D eigenvalue weighted by Crippen LogP contribution is -2.33. The first-order chi connectivity index (χ1) is 7.36. The minimum absolute atomic E-state index is 0. The van der Waals surface area contributed by atoms with Gasteiger partial charge in [0, 0.05) is 13.1 Å². The molecule has 4 heteroatoms. The molecule has 2 rings (SSSR count). The largest absolute Gasteiger partial charge is 0.356 e. The number of halogens is 1. The molecule has 0 aromatic rings. The zero-order valence-corrected chi connectivity index (χ0v) is 10.7. The van der Waals surface area contributed by atoms with Crippen molar-refractivity contribution >= 4 is 18.3 Å².